The minimum absolute atomic E-state index is 0.0212. The summed E-state index contributed by atoms with van der Waals surface area (Å²) in [4.78, 5) is 17.8. The lowest BCUT2D eigenvalue weighted by molar-refractivity contribution is -0.0606. The molecule has 6 heteroatoms. The van der Waals surface area contributed by atoms with Gasteiger partial charge in [-0.2, -0.15) is 0 Å². The highest BCUT2D eigenvalue weighted by Crippen LogP contribution is 2.42. The molecule has 0 aromatic heterocycles. The molecule has 3 heterocycles. The molecule has 0 aliphatic carbocycles. The van der Waals surface area contributed by atoms with Crippen molar-refractivity contribution < 1.29 is 19.4 Å². The number of rotatable bonds is 4. The van der Waals surface area contributed by atoms with Gasteiger partial charge in [0.1, 0.15) is 0 Å². The van der Waals surface area contributed by atoms with Crippen molar-refractivity contribution >= 4 is 5.91 Å². The number of fused-ring (bicyclic) bond motifs is 2. The Hall–Kier alpha value is -3.01. The second kappa shape index (κ2) is 10.1. The lowest BCUT2D eigenvalue weighted by Crippen LogP contribution is -2.67. The fraction of sp³-hybridized carbons (Fsp3) is 0.464. The Morgan fingerprint density at radius 2 is 1.88 bits per heavy atom. The molecular weight excluding hydrogens is 428 g/mol. The number of carbonyl (C=O) groups is 1. The molecule has 3 aliphatic heterocycles. The van der Waals surface area contributed by atoms with E-state index in [2.05, 4.69) is 47.9 Å². The van der Waals surface area contributed by atoms with Crippen LogP contribution in [0.3, 0.4) is 0 Å². The molecule has 6 nitrogen and oxygen atoms in total. The molecule has 0 radical (unpaired) electrons. The van der Waals surface area contributed by atoms with Crippen molar-refractivity contribution in [3.8, 4) is 23.3 Å². The van der Waals surface area contributed by atoms with E-state index in [1.54, 1.807) is 6.07 Å². The van der Waals surface area contributed by atoms with Crippen molar-refractivity contribution in [3.05, 3.63) is 59.2 Å². The van der Waals surface area contributed by atoms with E-state index in [9.17, 15) is 9.90 Å². The monoisotopic (exact) mass is 460 g/mol. The molecule has 2 aromatic carbocycles. The highest BCUT2D eigenvalue weighted by Gasteiger charge is 2.49. The largest absolute Gasteiger partial charge is 0.454 e. The van der Waals surface area contributed by atoms with Gasteiger partial charge in [-0.15, -0.1) is 0 Å². The van der Waals surface area contributed by atoms with Gasteiger partial charge >= 0.3 is 0 Å². The van der Waals surface area contributed by atoms with Crippen molar-refractivity contribution in [2.24, 2.45) is 0 Å². The maximum absolute atomic E-state index is 13.5. The SMILES string of the molecule is CCCC#Cc1ccc([C@@H]2[C@@H](CO)N3CCCCN(C(=O)c4ccc5c(c4)OCO5)C[C@@H]23)cc1. The molecule has 0 spiro atoms. The van der Waals surface area contributed by atoms with Crippen molar-refractivity contribution in [2.75, 3.05) is 33.0 Å². The van der Waals surface area contributed by atoms with Crippen LogP contribution in [0, 0.1) is 11.8 Å². The van der Waals surface area contributed by atoms with Crippen LogP contribution in [0.2, 0.25) is 0 Å². The van der Waals surface area contributed by atoms with E-state index in [0.717, 1.165) is 44.3 Å². The third-order valence-electron chi connectivity index (χ3n) is 7.18. The molecule has 2 aromatic rings. The second-order valence-electron chi connectivity index (χ2n) is 9.28. The summed E-state index contributed by atoms with van der Waals surface area (Å²) in [7, 11) is 0. The van der Waals surface area contributed by atoms with Crippen LogP contribution in [0.4, 0.5) is 0 Å². The standard InChI is InChI=1S/C28H32N2O4/c1-2-3-4-7-20-8-10-21(11-9-20)27-23-17-29(14-5-6-15-30(23)24(27)18-31)28(32)22-12-13-25-26(16-22)34-19-33-25/h8-13,16,23-24,27,31H,2-3,5-6,14-15,17-19H2,1H3/t23-,24+,27-/m0/s1. The zero-order valence-electron chi connectivity index (χ0n) is 19.7. The van der Waals surface area contributed by atoms with Gasteiger partial charge in [0.05, 0.1) is 6.61 Å². The highest BCUT2D eigenvalue weighted by molar-refractivity contribution is 5.95. The summed E-state index contributed by atoms with van der Waals surface area (Å²) in [5.74, 6) is 7.94. The van der Waals surface area contributed by atoms with Crippen LogP contribution in [-0.2, 0) is 0 Å². The van der Waals surface area contributed by atoms with Crippen molar-refractivity contribution in [1.82, 2.24) is 9.80 Å². The Kier molecular flexibility index (Phi) is 6.75. The van der Waals surface area contributed by atoms with Gasteiger partial charge in [0.2, 0.25) is 6.79 Å². The summed E-state index contributed by atoms with van der Waals surface area (Å²) in [5, 5.41) is 10.2. The third kappa shape index (κ3) is 4.38. The number of unbranched alkanes of at least 4 members (excludes halogenated alkanes) is 1. The third-order valence-corrected chi connectivity index (χ3v) is 7.18. The molecule has 2 fully saturated rings. The van der Waals surface area contributed by atoms with E-state index in [4.69, 9.17) is 9.47 Å². The Morgan fingerprint density at radius 1 is 1.09 bits per heavy atom. The Balaban J connectivity index is 1.35. The summed E-state index contributed by atoms with van der Waals surface area (Å²) in [5.41, 5.74) is 2.85. The van der Waals surface area contributed by atoms with Crippen LogP contribution in [0.25, 0.3) is 0 Å². The molecule has 3 aliphatic rings. The molecule has 5 rings (SSSR count). The summed E-state index contributed by atoms with van der Waals surface area (Å²) in [6.07, 6.45) is 3.93. The van der Waals surface area contributed by atoms with E-state index in [0.29, 0.717) is 23.6 Å². The number of ether oxygens (including phenoxy) is 2. The number of hydrogen-bond acceptors (Lipinski definition) is 5. The molecule has 2 saturated heterocycles. The van der Waals surface area contributed by atoms with Crippen LogP contribution in [0.5, 0.6) is 11.5 Å². The van der Waals surface area contributed by atoms with E-state index in [1.165, 1.54) is 5.56 Å². The van der Waals surface area contributed by atoms with Crippen LogP contribution < -0.4 is 9.47 Å². The molecule has 0 bridgehead atoms. The van der Waals surface area contributed by atoms with Crippen LogP contribution in [-0.4, -0.2) is 65.9 Å². The summed E-state index contributed by atoms with van der Waals surface area (Å²) < 4.78 is 10.9. The van der Waals surface area contributed by atoms with Gasteiger partial charge < -0.3 is 19.5 Å². The fourth-order valence-corrected chi connectivity index (χ4v) is 5.42. The van der Waals surface area contributed by atoms with E-state index in [-0.39, 0.29) is 37.3 Å². The molecule has 1 amide bonds. The smallest absolute Gasteiger partial charge is 0.254 e. The Labute approximate surface area is 201 Å². The summed E-state index contributed by atoms with van der Waals surface area (Å²) in [6.45, 7) is 4.78. The Morgan fingerprint density at radius 3 is 2.68 bits per heavy atom. The van der Waals surface area contributed by atoms with E-state index < -0.39 is 0 Å². The maximum atomic E-state index is 13.5. The van der Waals surface area contributed by atoms with E-state index in [1.807, 2.05) is 17.0 Å². The van der Waals surface area contributed by atoms with Crippen LogP contribution >= 0.6 is 0 Å². The molecule has 178 valence electrons. The normalized spacial score (nSPS) is 23.7. The van der Waals surface area contributed by atoms with Gasteiger partial charge in [-0.3, -0.25) is 9.69 Å². The molecule has 1 N–H and O–H groups in total. The first-order valence-corrected chi connectivity index (χ1v) is 12.3. The van der Waals surface area contributed by atoms with Crippen molar-refractivity contribution in [1.29, 1.82) is 0 Å². The lowest BCUT2D eigenvalue weighted by atomic mass is 9.74. The minimum Gasteiger partial charge on any atom is -0.454 e. The quantitative estimate of drug-likeness (QED) is 0.706. The summed E-state index contributed by atoms with van der Waals surface area (Å²) >= 11 is 0. The predicted molar refractivity (Wildman–Crippen MR) is 130 cm³/mol. The Bertz CT molecular complexity index is 1090. The second-order valence-corrected chi connectivity index (χ2v) is 9.28. The molecule has 0 unspecified atom stereocenters. The average molecular weight is 461 g/mol. The number of aliphatic hydroxyl groups excluding tert-OH is 1. The topological polar surface area (TPSA) is 62.2 Å². The average Bonchev–Trinajstić information content (AvgIpc) is 3.32. The molecule has 3 atom stereocenters. The van der Waals surface area contributed by atoms with Crippen molar-refractivity contribution in [3.63, 3.8) is 0 Å². The fourth-order valence-electron chi connectivity index (χ4n) is 5.42. The maximum Gasteiger partial charge on any atom is 0.254 e. The number of amides is 1. The first-order chi connectivity index (χ1) is 16.7. The van der Waals surface area contributed by atoms with Gasteiger partial charge in [-0.1, -0.05) is 30.9 Å². The number of aliphatic hydroxyl groups is 1. The number of carbonyl (C=O) groups excluding carboxylic acids is 1. The molecule has 0 saturated carbocycles. The van der Waals surface area contributed by atoms with Gasteiger partial charge in [-0.25, -0.2) is 0 Å². The lowest BCUT2D eigenvalue weighted by Gasteiger charge is -2.57. The minimum atomic E-state index is 0.0212. The number of nitrogens with zero attached hydrogens (tertiary/aromatic N) is 2. The summed E-state index contributed by atoms with van der Waals surface area (Å²) in [6, 6.07) is 14.1. The van der Waals surface area contributed by atoms with Gasteiger partial charge in [0, 0.05) is 48.6 Å². The van der Waals surface area contributed by atoms with Gasteiger partial charge in [0.25, 0.3) is 5.91 Å². The van der Waals surface area contributed by atoms with Gasteiger partial charge in [-0.05, 0) is 61.7 Å². The van der Waals surface area contributed by atoms with Gasteiger partial charge in [0.15, 0.2) is 11.5 Å². The molecular formula is C28H32N2O4. The highest BCUT2D eigenvalue weighted by atomic mass is 16.7. The van der Waals surface area contributed by atoms with Crippen molar-refractivity contribution in [2.45, 2.75) is 50.6 Å². The zero-order chi connectivity index (χ0) is 23.5. The molecule has 34 heavy (non-hydrogen) atoms. The van der Waals surface area contributed by atoms with Crippen LogP contribution in [0.1, 0.15) is 60.0 Å². The zero-order valence-corrected chi connectivity index (χ0v) is 19.7. The van der Waals surface area contributed by atoms with Crippen LogP contribution in [0.15, 0.2) is 42.5 Å². The first kappa shape index (κ1) is 22.8. The predicted octanol–water partition coefficient (Wildman–Crippen LogP) is 3.63. The number of benzene rings is 2. The number of hydrogen-bond donors (Lipinski definition) is 1. The van der Waals surface area contributed by atoms with E-state index >= 15 is 0 Å². The first-order valence-electron chi connectivity index (χ1n) is 12.3.